The molecule has 0 fully saturated rings. The molecule has 2 aromatic carbocycles. The fourth-order valence-corrected chi connectivity index (χ4v) is 4.59. The summed E-state index contributed by atoms with van der Waals surface area (Å²) in [4.78, 5) is 88.0. The second-order valence-electron chi connectivity index (χ2n) is 12.1. The molecule has 0 unspecified atom stereocenters. The van der Waals surface area contributed by atoms with Crippen LogP contribution in [0.4, 0.5) is 0 Å². The van der Waals surface area contributed by atoms with Gasteiger partial charge < -0.3 is 53.4 Å². The van der Waals surface area contributed by atoms with E-state index in [1.807, 2.05) is 0 Å². The Labute approximate surface area is 288 Å². The largest absolute Gasteiger partial charge is 0.508 e. The van der Waals surface area contributed by atoms with Gasteiger partial charge in [0.25, 0.3) is 0 Å². The standard InChI is InChI=1S/C33H45N7O10/c1-17(2)28(40-31(47)24(12-13-26(35)43)38-29(45)23(34)14-19-4-8-21(41)9-5-19)32(48)39-25(15-20-6-10-22(42)11-7-20)30(46)36-16-27(44)37-18(3)33(49)50/h4-11,17-18,23-25,28,41-42H,12-16,34H2,1-3H3,(H2,35,43)(H,36,46)(H,37,44)(H,38,45)(H,39,48)(H,40,47)(H,49,50)/t18-,23-,24-,25-,28-/m0/s1. The molecule has 0 heterocycles. The topological polar surface area (TPSA) is 292 Å². The van der Waals surface area contributed by atoms with Crippen LogP contribution in [-0.4, -0.2) is 93.5 Å². The minimum absolute atomic E-state index is 0.0288. The van der Waals surface area contributed by atoms with Gasteiger partial charge >= 0.3 is 5.97 Å². The first-order valence-corrected chi connectivity index (χ1v) is 15.8. The van der Waals surface area contributed by atoms with E-state index in [4.69, 9.17) is 16.6 Å². The van der Waals surface area contributed by atoms with E-state index in [1.54, 1.807) is 26.0 Å². The first kappa shape index (κ1) is 40.5. The van der Waals surface area contributed by atoms with E-state index < -0.39 is 84.1 Å². The lowest BCUT2D eigenvalue weighted by molar-refractivity contribution is -0.141. The number of carboxylic acid groups (broad SMARTS) is 1. The molecular formula is C33H45N7O10. The van der Waals surface area contributed by atoms with Crippen molar-refractivity contribution < 1.29 is 48.9 Å². The highest BCUT2D eigenvalue weighted by atomic mass is 16.4. The van der Waals surface area contributed by atoms with Crippen LogP contribution in [0.2, 0.25) is 0 Å². The van der Waals surface area contributed by atoms with E-state index in [-0.39, 0.29) is 37.2 Å². The molecule has 6 amide bonds. The van der Waals surface area contributed by atoms with Crippen LogP contribution >= 0.6 is 0 Å². The average molecular weight is 700 g/mol. The highest BCUT2D eigenvalue weighted by Gasteiger charge is 2.32. The van der Waals surface area contributed by atoms with Crippen LogP contribution in [-0.2, 0) is 46.4 Å². The Kier molecular flexibility index (Phi) is 15.6. The molecule has 2 rings (SSSR count). The number of carbonyl (C=O) groups excluding carboxylic acids is 6. The molecule has 0 aromatic heterocycles. The van der Waals surface area contributed by atoms with Crippen molar-refractivity contribution in [3.05, 3.63) is 59.7 Å². The molecule has 272 valence electrons. The highest BCUT2D eigenvalue weighted by molar-refractivity contribution is 5.96. The number of primary amides is 1. The predicted molar refractivity (Wildman–Crippen MR) is 179 cm³/mol. The van der Waals surface area contributed by atoms with E-state index in [2.05, 4.69) is 26.6 Å². The molecule has 0 radical (unpaired) electrons. The summed E-state index contributed by atoms with van der Waals surface area (Å²) in [5.41, 5.74) is 12.5. The summed E-state index contributed by atoms with van der Waals surface area (Å²) in [5.74, 6) is -6.51. The van der Waals surface area contributed by atoms with E-state index in [0.29, 0.717) is 11.1 Å². The van der Waals surface area contributed by atoms with Crippen molar-refractivity contribution in [3.63, 3.8) is 0 Å². The Morgan fingerprint density at radius 1 is 0.680 bits per heavy atom. The molecule has 5 atom stereocenters. The summed E-state index contributed by atoms with van der Waals surface area (Å²) >= 11 is 0. The molecule has 2 aromatic rings. The molecule has 50 heavy (non-hydrogen) atoms. The first-order chi connectivity index (χ1) is 23.5. The van der Waals surface area contributed by atoms with Crippen molar-refractivity contribution in [1.29, 1.82) is 0 Å². The molecule has 17 heteroatoms. The third-order valence-corrected chi connectivity index (χ3v) is 7.47. The molecule has 0 bridgehead atoms. The maximum absolute atomic E-state index is 13.6. The van der Waals surface area contributed by atoms with E-state index in [9.17, 15) is 43.8 Å². The van der Waals surface area contributed by atoms with Crippen molar-refractivity contribution >= 4 is 41.4 Å². The van der Waals surface area contributed by atoms with E-state index >= 15 is 0 Å². The summed E-state index contributed by atoms with van der Waals surface area (Å²) in [6, 6.07) is 5.61. The Morgan fingerprint density at radius 2 is 1.20 bits per heavy atom. The van der Waals surface area contributed by atoms with Crippen molar-refractivity contribution in [3.8, 4) is 11.5 Å². The summed E-state index contributed by atoms with van der Waals surface area (Å²) in [6.45, 7) is 3.89. The van der Waals surface area contributed by atoms with Gasteiger partial charge in [0, 0.05) is 12.8 Å². The van der Waals surface area contributed by atoms with Crippen LogP contribution in [0.3, 0.4) is 0 Å². The van der Waals surface area contributed by atoms with Gasteiger partial charge in [-0.05, 0) is 61.1 Å². The Bertz CT molecular complexity index is 1520. The number of carboxylic acids is 1. The number of benzene rings is 2. The number of aromatic hydroxyl groups is 2. The van der Waals surface area contributed by atoms with Gasteiger partial charge in [-0.2, -0.15) is 0 Å². The maximum atomic E-state index is 13.6. The fourth-order valence-electron chi connectivity index (χ4n) is 4.59. The van der Waals surface area contributed by atoms with Crippen molar-refractivity contribution in [2.75, 3.05) is 6.54 Å². The molecule has 0 aliphatic carbocycles. The number of nitrogens with two attached hydrogens (primary N) is 2. The normalized spacial score (nSPS) is 13.9. The SMILES string of the molecule is CC(C)[C@H](NC(=O)[C@H](CCC(N)=O)NC(=O)[C@@H](N)Cc1ccc(O)cc1)C(=O)N[C@@H](Cc1ccc(O)cc1)C(=O)NCC(=O)N[C@@H](C)C(=O)O. The van der Waals surface area contributed by atoms with Crippen LogP contribution in [0.25, 0.3) is 0 Å². The zero-order valence-electron chi connectivity index (χ0n) is 28.0. The average Bonchev–Trinajstić information content (AvgIpc) is 3.05. The van der Waals surface area contributed by atoms with Crippen LogP contribution in [0, 0.1) is 5.92 Å². The number of hydrogen-bond acceptors (Lipinski definition) is 10. The number of nitrogens with one attached hydrogen (secondary N) is 5. The number of rotatable bonds is 19. The number of phenolic OH excluding ortho intramolecular Hbond substituents is 2. The lowest BCUT2D eigenvalue weighted by Crippen LogP contribution is -2.59. The number of hydrogen-bond donors (Lipinski definition) is 10. The monoisotopic (exact) mass is 699 g/mol. The summed E-state index contributed by atoms with van der Waals surface area (Å²) in [6.07, 6.45) is -0.518. The van der Waals surface area contributed by atoms with Gasteiger partial charge in [-0.25, -0.2) is 0 Å². The van der Waals surface area contributed by atoms with E-state index in [0.717, 1.165) is 0 Å². The second kappa shape index (κ2) is 19.3. The summed E-state index contributed by atoms with van der Waals surface area (Å²) in [7, 11) is 0. The van der Waals surface area contributed by atoms with Crippen LogP contribution in [0.15, 0.2) is 48.5 Å². The van der Waals surface area contributed by atoms with Crippen LogP contribution in [0.5, 0.6) is 11.5 Å². The van der Waals surface area contributed by atoms with Gasteiger partial charge in [-0.1, -0.05) is 38.1 Å². The molecule has 0 aliphatic heterocycles. The third kappa shape index (κ3) is 13.8. The van der Waals surface area contributed by atoms with Gasteiger partial charge in [0.1, 0.15) is 35.7 Å². The second-order valence-corrected chi connectivity index (χ2v) is 12.1. The van der Waals surface area contributed by atoms with Crippen molar-refractivity contribution in [2.45, 2.75) is 76.7 Å². The van der Waals surface area contributed by atoms with Crippen molar-refractivity contribution in [2.24, 2.45) is 17.4 Å². The number of phenols is 2. The summed E-state index contributed by atoms with van der Waals surface area (Å²) in [5, 5.41) is 40.3. The lowest BCUT2D eigenvalue weighted by atomic mass is 9.99. The smallest absolute Gasteiger partial charge is 0.325 e. The molecule has 0 saturated heterocycles. The number of aliphatic carboxylic acids is 1. The molecule has 12 N–H and O–H groups in total. The van der Waals surface area contributed by atoms with Gasteiger partial charge in [-0.15, -0.1) is 0 Å². The van der Waals surface area contributed by atoms with Crippen LogP contribution < -0.4 is 38.1 Å². The van der Waals surface area contributed by atoms with Gasteiger partial charge in [-0.3, -0.25) is 33.6 Å². The minimum atomic E-state index is -1.32. The Hall–Kier alpha value is -5.71. The zero-order valence-corrected chi connectivity index (χ0v) is 28.0. The number of amides is 6. The van der Waals surface area contributed by atoms with E-state index in [1.165, 1.54) is 43.3 Å². The molecule has 0 aliphatic rings. The Balaban J connectivity index is 2.21. The van der Waals surface area contributed by atoms with Gasteiger partial charge in [0.2, 0.25) is 35.4 Å². The highest BCUT2D eigenvalue weighted by Crippen LogP contribution is 2.13. The fraction of sp³-hybridized carbons (Fsp3) is 0.424. The maximum Gasteiger partial charge on any atom is 0.325 e. The van der Waals surface area contributed by atoms with Gasteiger partial charge in [0.15, 0.2) is 0 Å². The lowest BCUT2D eigenvalue weighted by Gasteiger charge is -2.27. The zero-order chi connectivity index (χ0) is 37.5. The quantitative estimate of drug-likeness (QED) is 0.0788. The first-order valence-electron chi connectivity index (χ1n) is 15.8. The Morgan fingerprint density at radius 3 is 1.70 bits per heavy atom. The number of carbonyl (C=O) groups is 7. The molecule has 0 saturated carbocycles. The minimum Gasteiger partial charge on any atom is -0.508 e. The molecule has 0 spiro atoms. The predicted octanol–water partition coefficient (Wildman–Crippen LogP) is -1.71. The molecular weight excluding hydrogens is 654 g/mol. The van der Waals surface area contributed by atoms with Gasteiger partial charge in [0.05, 0.1) is 12.6 Å². The van der Waals surface area contributed by atoms with Crippen molar-refractivity contribution in [1.82, 2.24) is 26.6 Å². The van der Waals surface area contributed by atoms with Crippen LogP contribution in [0.1, 0.15) is 44.7 Å². The molecule has 17 nitrogen and oxygen atoms in total. The third-order valence-electron chi connectivity index (χ3n) is 7.47. The summed E-state index contributed by atoms with van der Waals surface area (Å²) < 4.78 is 0.